The molecular weight excluding hydrogens is 649 g/mol. The molecule has 1 heterocycles. The zero-order chi connectivity index (χ0) is 35.2. The number of amides is 1. The molecule has 1 aromatic heterocycles. The van der Waals surface area contributed by atoms with Crippen LogP contribution in [0.15, 0.2) is 59.5 Å². The molecule has 0 aliphatic heterocycles. The minimum Gasteiger partial charge on any atom is -0.447 e. The molecule has 0 bridgehead atoms. The Balaban J connectivity index is 1.59. The first-order valence-corrected chi connectivity index (χ1v) is 15.5. The van der Waals surface area contributed by atoms with Crippen molar-refractivity contribution in [1.29, 1.82) is 0 Å². The fraction of sp³-hybridized carbons (Fsp3) is 0.414. The third kappa shape index (κ3) is 10.5. The van der Waals surface area contributed by atoms with Crippen molar-refractivity contribution < 1.29 is 50.3 Å². The summed E-state index contributed by atoms with van der Waals surface area (Å²) in [6.07, 6.45) is -6.97. The van der Waals surface area contributed by atoms with E-state index in [0.29, 0.717) is 5.56 Å². The Morgan fingerprint density at radius 3 is 2.21 bits per heavy atom. The molecule has 0 spiro atoms. The van der Waals surface area contributed by atoms with Crippen molar-refractivity contribution in [1.82, 2.24) is 30.4 Å². The predicted molar refractivity (Wildman–Crippen MR) is 161 cm³/mol. The van der Waals surface area contributed by atoms with Crippen LogP contribution >= 0.6 is 0 Å². The van der Waals surface area contributed by atoms with E-state index in [2.05, 4.69) is 10.7 Å². The highest BCUT2D eigenvalue weighted by atomic mass is 32.2. The van der Waals surface area contributed by atoms with E-state index in [1.165, 1.54) is 38.2 Å². The van der Waals surface area contributed by atoms with E-state index in [4.69, 9.17) is 19.1 Å². The molecule has 1 amide bonds. The number of rotatable bonds is 13. The number of aromatic nitrogens is 2. The Morgan fingerprint density at radius 2 is 1.66 bits per heavy atom. The fourth-order valence-corrected chi connectivity index (χ4v) is 4.58. The summed E-state index contributed by atoms with van der Waals surface area (Å²) in [5.74, 6) is -0.487. The number of carbonyl (C=O) groups is 2. The highest BCUT2D eigenvalue weighted by Crippen LogP contribution is 2.33. The van der Waals surface area contributed by atoms with Crippen LogP contribution in [-0.2, 0) is 40.1 Å². The second-order valence-corrected chi connectivity index (χ2v) is 12.9. The van der Waals surface area contributed by atoms with Gasteiger partial charge in [0.05, 0.1) is 35.3 Å². The largest absolute Gasteiger partial charge is 0.447 e. The average molecular weight is 687 g/mol. The van der Waals surface area contributed by atoms with Gasteiger partial charge in [-0.05, 0) is 70.2 Å². The zero-order valence-electron chi connectivity index (χ0n) is 26.8. The standard InChI is InChI=1S/C29H37F3N6O8S/c1-19-8-10-21(11-9-19)24-18-25(29(30,31)32)33-37(24)22-12-14-23(15-13-22)47(41,42)34-27(40)44-17-16-36(6)38(43-7)35-46-20(2)45-26(39)28(3,4)5/h8-15,18,20,35H,16-17H2,1-7H3,(H,34,40). The molecule has 258 valence electrons. The predicted octanol–water partition coefficient (Wildman–Crippen LogP) is 4.36. The summed E-state index contributed by atoms with van der Waals surface area (Å²) in [6.45, 7) is 8.08. The minimum absolute atomic E-state index is 0.00434. The third-order valence-electron chi connectivity index (χ3n) is 6.27. The lowest BCUT2D eigenvalue weighted by Gasteiger charge is -2.29. The number of alkyl halides is 3. The normalized spacial score (nSPS) is 13.1. The number of nitrogens with one attached hydrogen (secondary N) is 2. The molecule has 14 nitrogen and oxygen atoms in total. The number of benzene rings is 2. The SMILES string of the molecule is CON(NOC(C)OC(=O)C(C)(C)C)N(C)CCOC(=O)NS(=O)(=O)c1ccc(-n2nc(C(F)(F)F)cc2-c2ccc(C)cc2)cc1. The van der Waals surface area contributed by atoms with Gasteiger partial charge in [0.15, 0.2) is 5.69 Å². The maximum Gasteiger partial charge on any atom is 0.435 e. The Bertz CT molecular complexity index is 1630. The molecule has 47 heavy (non-hydrogen) atoms. The number of likely N-dealkylation sites (N-methyl/N-ethyl adjacent to an activating group) is 1. The van der Waals surface area contributed by atoms with Crippen LogP contribution in [0.3, 0.4) is 0 Å². The molecule has 1 unspecified atom stereocenters. The van der Waals surface area contributed by atoms with E-state index in [9.17, 15) is 31.2 Å². The summed E-state index contributed by atoms with van der Waals surface area (Å²) >= 11 is 0. The monoisotopic (exact) mass is 686 g/mol. The van der Waals surface area contributed by atoms with Gasteiger partial charge in [0.25, 0.3) is 10.0 Å². The van der Waals surface area contributed by atoms with E-state index in [1.54, 1.807) is 49.8 Å². The van der Waals surface area contributed by atoms with Gasteiger partial charge in [-0.15, -0.1) is 0 Å². The topological polar surface area (TPSA) is 154 Å². The fourth-order valence-electron chi connectivity index (χ4n) is 3.69. The Kier molecular flexibility index (Phi) is 12.1. The van der Waals surface area contributed by atoms with Crippen LogP contribution < -0.4 is 10.3 Å². The molecular formula is C29H37F3N6O8S. The van der Waals surface area contributed by atoms with Crippen molar-refractivity contribution in [3.8, 4) is 16.9 Å². The summed E-state index contributed by atoms with van der Waals surface area (Å²) < 4.78 is 79.1. The van der Waals surface area contributed by atoms with Crippen molar-refractivity contribution >= 4 is 22.1 Å². The quantitative estimate of drug-likeness (QED) is 0.149. The van der Waals surface area contributed by atoms with E-state index in [0.717, 1.165) is 33.7 Å². The number of carbonyl (C=O) groups excluding carboxylic acids is 2. The number of aryl methyl sites for hydroxylation is 1. The van der Waals surface area contributed by atoms with Gasteiger partial charge >= 0.3 is 18.2 Å². The zero-order valence-corrected chi connectivity index (χ0v) is 27.6. The van der Waals surface area contributed by atoms with Crippen molar-refractivity contribution in [3.63, 3.8) is 0 Å². The van der Waals surface area contributed by atoms with Crippen LogP contribution in [0.25, 0.3) is 16.9 Å². The number of hydrogen-bond acceptors (Lipinski definition) is 12. The first-order valence-electron chi connectivity index (χ1n) is 14.0. The molecule has 2 aromatic carbocycles. The number of nitrogens with zero attached hydrogens (tertiary/aromatic N) is 4. The molecule has 3 rings (SSSR count). The summed E-state index contributed by atoms with van der Waals surface area (Å²) in [4.78, 5) is 34.2. The molecule has 0 aliphatic carbocycles. The van der Waals surface area contributed by atoms with Crippen molar-refractivity contribution in [2.24, 2.45) is 5.41 Å². The summed E-state index contributed by atoms with van der Waals surface area (Å²) in [5, 5.41) is 6.07. The van der Waals surface area contributed by atoms with E-state index in [-0.39, 0.29) is 29.4 Å². The molecule has 1 atom stereocenters. The van der Waals surface area contributed by atoms with Crippen molar-refractivity contribution in [2.45, 2.75) is 52.0 Å². The minimum atomic E-state index is -4.71. The smallest absolute Gasteiger partial charge is 0.435 e. The molecule has 18 heteroatoms. The number of hydrogen-bond donors (Lipinski definition) is 2. The Morgan fingerprint density at radius 1 is 1.04 bits per heavy atom. The van der Waals surface area contributed by atoms with Crippen LogP contribution in [0.4, 0.5) is 18.0 Å². The number of sulfonamides is 1. The van der Waals surface area contributed by atoms with Crippen molar-refractivity contribution in [3.05, 3.63) is 65.9 Å². The summed E-state index contributed by atoms with van der Waals surface area (Å²) in [7, 11) is -1.59. The second kappa shape index (κ2) is 15.2. The Labute approximate surface area is 270 Å². The van der Waals surface area contributed by atoms with Gasteiger partial charge in [0.2, 0.25) is 6.29 Å². The van der Waals surface area contributed by atoms with E-state index >= 15 is 0 Å². The van der Waals surface area contributed by atoms with Crippen molar-refractivity contribution in [2.75, 3.05) is 27.3 Å². The van der Waals surface area contributed by atoms with Gasteiger partial charge in [-0.2, -0.15) is 18.3 Å². The van der Waals surface area contributed by atoms with Crippen LogP contribution in [0.2, 0.25) is 0 Å². The van der Waals surface area contributed by atoms with Crippen LogP contribution in [0.1, 0.15) is 39.0 Å². The van der Waals surface area contributed by atoms with Crippen LogP contribution in [0, 0.1) is 12.3 Å². The second-order valence-electron chi connectivity index (χ2n) is 11.2. The Hall–Kier alpha value is -4.07. The number of esters is 1. The first kappa shape index (κ1) is 37.4. The maximum atomic E-state index is 13.5. The molecule has 0 saturated carbocycles. The first-order chi connectivity index (χ1) is 21.8. The van der Waals surface area contributed by atoms with Gasteiger partial charge < -0.3 is 9.47 Å². The van der Waals surface area contributed by atoms with Crippen LogP contribution in [0.5, 0.6) is 0 Å². The average Bonchev–Trinajstić information content (AvgIpc) is 3.43. The lowest BCUT2D eigenvalue weighted by Crippen LogP contribution is -2.51. The number of halogens is 3. The van der Waals surface area contributed by atoms with Gasteiger partial charge in [0.1, 0.15) is 6.61 Å². The summed E-state index contributed by atoms with van der Waals surface area (Å²) in [6, 6.07) is 12.5. The lowest BCUT2D eigenvalue weighted by molar-refractivity contribution is -0.373. The molecule has 0 saturated heterocycles. The van der Waals surface area contributed by atoms with E-state index in [1.807, 2.05) is 6.92 Å². The van der Waals surface area contributed by atoms with Crippen LogP contribution in [-0.4, -0.2) is 74.2 Å². The highest BCUT2D eigenvalue weighted by molar-refractivity contribution is 7.90. The molecule has 0 fully saturated rings. The van der Waals surface area contributed by atoms with Gasteiger partial charge in [-0.3, -0.25) is 9.63 Å². The number of hydrazine groups is 2. The highest BCUT2D eigenvalue weighted by Gasteiger charge is 2.35. The lowest BCUT2D eigenvalue weighted by atomic mass is 9.97. The van der Waals surface area contributed by atoms with E-state index < -0.39 is 45.7 Å². The maximum absolute atomic E-state index is 13.5. The molecule has 3 aromatic rings. The summed E-state index contributed by atoms with van der Waals surface area (Å²) in [5.41, 5.74) is 2.24. The number of ether oxygens (including phenoxy) is 2. The molecule has 2 N–H and O–H groups in total. The third-order valence-corrected chi connectivity index (χ3v) is 7.60. The molecule has 0 aliphatic rings. The van der Waals surface area contributed by atoms with Gasteiger partial charge in [-0.1, -0.05) is 35.4 Å². The molecule has 0 radical (unpaired) electrons. The van der Waals surface area contributed by atoms with Gasteiger partial charge in [-0.25, -0.2) is 32.5 Å². The van der Waals surface area contributed by atoms with Gasteiger partial charge in [0, 0.05) is 12.6 Å².